The predicted octanol–water partition coefficient (Wildman–Crippen LogP) is 18.2. The van der Waals surface area contributed by atoms with E-state index in [2.05, 4.69) is 254 Å². The molecule has 2 nitrogen and oxygen atoms in total. The summed E-state index contributed by atoms with van der Waals surface area (Å²) in [6, 6.07) is 84.4. The van der Waals surface area contributed by atoms with Crippen LogP contribution in [0, 0.1) is 0 Å². The molecule has 0 unspecified atom stereocenters. The molecule has 67 heavy (non-hydrogen) atoms. The summed E-state index contributed by atoms with van der Waals surface area (Å²) >= 11 is 3.85. The van der Waals surface area contributed by atoms with E-state index in [0.29, 0.717) is 0 Å². The Morgan fingerprint density at radius 3 is 1.51 bits per heavy atom. The van der Waals surface area contributed by atoms with Crippen molar-refractivity contribution in [2.45, 2.75) is 38.8 Å². The van der Waals surface area contributed by atoms with Crippen molar-refractivity contribution >= 4 is 62.4 Å². The minimum atomic E-state index is -0.151. The second-order valence-electron chi connectivity index (χ2n) is 18.1. The van der Waals surface area contributed by atoms with Gasteiger partial charge in [-0.2, -0.15) is 0 Å². The molecular formula is C63H44N2S2. The SMILES string of the molecule is CC1(C)c2ccc3c4ccccc4n(-c4ccc(-c5ccc(-c6ccc(N(c7ccccc7)c7ccc(-c8ccccc8)cc7)cc6)cc5)cc4)c3c2-c2ccc3c(c21)Sc1ccccc1S3. The maximum atomic E-state index is 2.51. The van der Waals surface area contributed by atoms with E-state index in [1.54, 1.807) is 0 Å². The second kappa shape index (κ2) is 15.8. The van der Waals surface area contributed by atoms with Gasteiger partial charge in [0.05, 0.1) is 11.0 Å². The van der Waals surface area contributed by atoms with Crippen molar-refractivity contribution in [3.05, 3.63) is 242 Å². The summed E-state index contributed by atoms with van der Waals surface area (Å²) in [5.41, 5.74) is 19.6. The molecule has 0 fully saturated rings. The van der Waals surface area contributed by atoms with E-state index < -0.39 is 0 Å². The highest BCUT2D eigenvalue weighted by Gasteiger charge is 2.41. The number of hydrogen-bond acceptors (Lipinski definition) is 3. The maximum absolute atomic E-state index is 2.51. The van der Waals surface area contributed by atoms with E-state index in [1.807, 2.05) is 23.5 Å². The van der Waals surface area contributed by atoms with Crippen LogP contribution >= 0.6 is 23.5 Å². The Morgan fingerprint density at radius 2 is 0.881 bits per heavy atom. The summed E-state index contributed by atoms with van der Waals surface area (Å²) in [5, 5.41) is 2.57. The van der Waals surface area contributed by atoms with Gasteiger partial charge in [0.15, 0.2) is 0 Å². The number of aromatic nitrogens is 1. The molecule has 318 valence electrons. The smallest absolute Gasteiger partial charge is 0.0622 e. The lowest BCUT2D eigenvalue weighted by Gasteiger charge is -2.28. The Kier molecular flexibility index (Phi) is 9.42. The van der Waals surface area contributed by atoms with Crippen molar-refractivity contribution in [1.82, 2.24) is 4.57 Å². The highest BCUT2D eigenvalue weighted by atomic mass is 32.2. The molecule has 0 saturated carbocycles. The molecule has 11 aromatic rings. The van der Waals surface area contributed by atoms with E-state index >= 15 is 0 Å². The Morgan fingerprint density at radius 1 is 0.388 bits per heavy atom. The van der Waals surface area contributed by atoms with E-state index in [9.17, 15) is 0 Å². The van der Waals surface area contributed by atoms with Crippen LogP contribution < -0.4 is 4.90 Å². The fourth-order valence-corrected chi connectivity index (χ4v) is 13.1. The summed E-state index contributed by atoms with van der Waals surface area (Å²) in [4.78, 5) is 7.77. The van der Waals surface area contributed by atoms with Gasteiger partial charge in [-0.15, -0.1) is 0 Å². The topological polar surface area (TPSA) is 8.17 Å². The van der Waals surface area contributed by atoms with Gasteiger partial charge in [0, 0.05) is 64.1 Å². The summed E-state index contributed by atoms with van der Waals surface area (Å²) in [7, 11) is 0. The van der Waals surface area contributed by atoms with E-state index in [4.69, 9.17) is 0 Å². The molecule has 0 spiro atoms. The molecule has 2 heterocycles. The molecule has 10 aromatic carbocycles. The minimum absolute atomic E-state index is 0.151. The first kappa shape index (κ1) is 39.8. The summed E-state index contributed by atoms with van der Waals surface area (Å²) in [5.74, 6) is 0. The molecular weight excluding hydrogens is 849 g/mol. The number of anilines is 3. The Hall–Kier alpha value is -7.50. The van der Waals surface area contributed by atoms with Gasteiger partial charge in [0.1, 0.15) is 0 Å². The highest BCUT2D eigenvalue weighted by Crippen LogP contribution is 2.60. The summed E-state index contributed by atoms with van der Waals surface area (Å²) in [6.45, 7) is 4.84. The van der Waals surface area contributed by atoms with Crippen molar-refractivity contribution in [1.29, 1.82) is 0 Å². The molecule has 4 heteroatoms. The molecule has 0 radical (unpaired) electrons. The molecule has 1 aliphatic carbocycles. The number of benzene rings is 10. The standard InChI is InChI=1S/C63H44N2S2/c1-63(2)54-39-37-52-51-17-9-10-18-55(51)65(61(52)59(54)53-38-40-58-62(60(53)63)67-57-20-12-11-19-56(57)66-58)50-35-29-46(30-36-50)43-23-21-42(22-24-43)45-27-33-49(34-28-45)64(47-15-7-4-8-16-47)48-31-25-44(26-32-48)41-13-5-3-6-14-41/h3-40H,1-2H3. The van der Waals surface area contributed by atoms with Crippen LogP contribution in [0.3, 0.4) is 0 Å². The molecule has 0 N–H and O–H groups in total. The van der Waals surface area contributed by atoms with Gasteiger partial charge >= 0.3 is 0 Å². The Bertz CT molecular complexity index is 3670. The maximum Gasteiger partial charge on any atom is 0.0622 e. The zero-order chi connectivity index (χ0) is 44.6. The van der Waals surface area contributed by atoms with E-state index in [1.165, 1.54) is 103 Å². The average molecular weight is 893 g/mol. The van der Waals surface area contributed by atoms with E-state index in [0.717, 1.165) is 17.1 Å². The lowest BCUT2D eigenvalue weighted by Crippen LogP contribution is -2.17. The van der Waals surface area contributed by atoms with Gasteiger partial charge < -0.3 is 9.47 Å². The quantitative estimate of drug-likeness (QED) is 0.158. The largest absolute Gasteiger partial charge is 0.311 e. The number of fused-ring (bicyclic) bond motifs is 10. The molecule has 2 aliphatic rings. The van der Waals surface area contributed by atoms with Gasteiger partial charge in [0.2, 0.25) is 0 Å². The van der Waals surface area contributed by atoms with Crippen LogP contribution in [0.25, 0.3) is 72.0 Å². The first-order chi connectivity index (χ1) is 33.0. The van der Waals surface area contributed by atoms with Gasteiger partial charge in [-0.1, -0.05) is 195 Å². The molecule has 0 atom stereocenters. The van der Waals surface area contributed by atoms with Gasteiger partial charge in [-0.25, -0.2) is 0 Å². The lowest BCUT2D eigenvalue weighted by molar-refractivity contribution is 0.642. The van der Waals surface area contributed by atoms with Crippen molar-refractivity contribution in [3.8, 4) is 50.2 Å². The number of para-hydroxylation sites is 2. The molecule has 13 rings (SSSR count). The fraction of sp³-hybridized carbons (Fsp3) is 0.0476. The molecule has 0 amide bonds. The second-order valence-corrected chi connectivity index (χ2v) is 20.2. The Labute approximate surface area is 400 Å². The van der Waals surface area contributed by atoms with Gasteiger partial charge in [0.25, 0.3) is 0 Å². The third kappa shape index (κ3) is 6.58. The van der Waals surface area contributed by atoms with E-state index in [-0.39, 0.29) is 5.41 Å². The number of nitrogens with zero attached hydrogens (tertiary/aromatic N) is 2. The lowest BCUT2D eigenvalue weighted by atomic mass is 9.82. The summed E-state index contributed by atoms with van der Waals surface area (Å²) < 4.78 is 2.51. The van der Waals surface area contributed by atoms with Gasteiger partial charge in [-0.05, 0) is 123 Å². The molecule has 1 aromatic heterocycles. The molecule has 1 aliphatic heterocycles. The van der Waals surface area contributed by atoms with Crippen LogP contribution in [0.1, 0.15) is 25.0 Å². The van der Waals surface area contributed by atoms with Gasteiger partial charge in [-0.3, -0.25) is 0 Å². The first-order valence-corrected chi connectivity index (χ1v) is 24.6. The van der Waals surface area contributed by atoms with Crippen molar-refractivity contribution in [2.24, 2.45) is 0 Å². The van der Waals surface area contributed by atoms with Crippen LogP contribution in [0.4, 0.5) is 17.1 Å². The fourth-order valence-electron chi connectivity index (χ4n) is 10.6. The third-order valence-electron chi connectivity index (χ3n) is 13.9. The third-order valence-corrected chi connectivity index (χ3v) is 16.5. The zero-order valence-corrected chi connectivity index (χ0v) is 38.8. The molecule has 0 saturated heterocycles. The zero-order valence-electron chi connectivity index (χ0n) is 37.2. The normalized spacial score (nSPS) is 13.2. The van der Waals surface area contributed by atoms with Crippen molar-refractivity contribution in [3.63, 3.8) is 0 Å². The predicted molar refractivity (Wildman–Crippen MR) is 284 cm³/mol. The van der Waals surface area contributed by atoms with Crippen LogP contribution in [0.2, 0.25) is 0 Å². The average Bonchev–Trinajstić information content (AvgIpc) is 3.85. The Balaban J connectivity index is 0.818. The number of rotatable bonds is 7. The minimum Gasteiger partial charge on any atom is -0.311 e. The van der Waals surface area contributed by atoms with Crippen LogP contribution in [-0.4, -0.2) is 4.57 Å². The highest BCUT2D eigenvalue weighted by molar-refractivity contribution is 8.05. The van der Waals surface area contributed by atoms with Crippen molar-refractivity contribution < 1.29 is 0 Å². The van der Waals surface area contributed by atoms with Crippen LogP contribution in [0.15, 0.2) is 250 Å². The monoisotopic (exact) mass is 892 g/mol. The van der Waals surface area contributed by atoms with Crippen LogP contribution in [0.5, 0.6) is 0 Å². The first-order valence-electron chi connectivity index (χ1n) is 23.0. The van der Waals surface area contributed by atoms with Crippen molar-refractivity contribution in [2.75, 3.05) is 4.90 Å². The summed E-state index contributed by atoms with van der Waals surface area (Å²) in [6.07, 6.45) is 0. The van der Waals surface area contributed by atoms with Crippen LogP contribution in [-0.2, 0) is 5.41 Å². The molecule has 0 bridgehead atoms. The number of hydrogen-bond donors (Lipinski definition) is 0.